The molecule has 7 heteroatoms. The number of carbonyl (C=O) groups excluding carboxylic acids is 1. The van der Waals surface area contributed by atoms with Gasteiger partial charge in [-0.3, -0.25) is 9.48 Å². The summed E-state index contributed by atoms with van der Waals surface area (Å²) in [6.07, 6.45) is 7.14. The first-order valence-corrected chi connectivity index (χ1v) is 10.2. The Morgan fingerprint density at radius 3 is 2.67 bits per heavy atom. The van der Waals surface area contributed by atoms with Gasteiger partial charge in [0, 0.05) is 32.0 Å². The van der Waals surface area contributed by atoms with Crippen LogP contribution in [-0.4, -0.2) is 34.0 Å². The van der Waals surface area contributed by atoms with E-state index >= 15 is 0 Å². The molecule has 1 N–H and O–H groups in total. The average molecular weight is 400 g/mol. The second-order valence-electron chi connectivity index (χ2n) is 7.57. The Hall–Kier alpha value is -3.66. The van der Waals surface area contributed by atoms with Crippen molar-refractivity contribution in [3.63, 3.8) is 0 Å². The largest absolute Gasteiger partial charge is 0.372 e. The predicted octanol–water partition coefficient (Wildman–Crippen LogP) is 3.18. The summed E-state index contributed by atoms with van der Waals surface area (Å²) in [5.41, 5.74) is 2.77. The molecule has 0 saturated carbocycles. The summed E-state index contributed by atoms with van der Waals surface area (Å²) in [7, 11) is 1.76. The summed E-state index contributed by atoms with van der Waals surface area (Å²) >= 11 is 0. The van der Waals surface area contributed by atoms with Gasteiger partial charge in [0.2, 0.25) is 0 Å². The van der Waals surface area contributed by atoms with Gasteiger partial charge in [-0.2, -0.15) is 5.26 Å². The lowest BCUT2D eigenvalue weighted by atomic mass is 10.0. The first-order chi connectivity index (χ1) is 14.6. The Morgan fingerprint density at radius 1 is 1.17 bits per heavy atom. The van der Waals surface area contributed by atoms with Crippen LogP contribution in [0.2, 0.25) is 0 Å². The van der Waals surface area contributed by atoms with Crippen molar-refractivity contribution in [2.75, 3.05) is 18.0 Å². The molecule has 1 aliphatic heterocycles. The molecule has 0 unspecified atom stereocenters. The first kappa shape index (κ1) is 19.6. The molecule has 0 spiro atoms. The summed E-state index contributed by atoms with van der Waals surface area (Å²) in [5.74, 6) is -0.427. The van der Waals surface area contributed by atoms with Crippen molar-refractivity contribution in [1.29, 1.82) is 5.26 Å². The van der Waals surface area contributed by atoms with Gasteiger partial charge in [0.05, 0.1) is 6.54 Å². The monoisotopic (exact) mass is 400 g/mol. The minimum atomic E-state index is -0.427. The molecule has 1 aliphatic rings. The third-order valence-electron chi connectivity index (χ3n) is 5.33. The standard InChI is InChI=1S/C23H24N6O/c1-28-16-21(26-27-28)15-25-23(30)20(14-24)12-17-5-6-19-13-22(8-7-18(19)11-17)29-9-3-2-4-10-29/h5-8,11-13,16H,2-4,9-10,15H2,1H3,(H,25,30)/b20-12+. The zero-order chi connectivity index (χ0) is 20.9. The maximum Gasteiger partial charge on any atom is 0.262 e. The van der Waals surface area contributed by atoms with Gasteiger partial charge >= 0.3 is 0 Å². The van der Waals surface area contributed by atoms with E-state index in [1.165, 1.54) is 24.9 Å². The normalized spacial score (nSPS) is 14.5. The van der Waals surface area contributed by atoms with Crippen LogP contribution in [-0.2, 0) is 18.4 Å². The fraction of sp³-hybridized carbons (Fsp3) is 0.304. The van der Waals surface area contributed by atoms with Crippen LogP contribution in [0.5, 0.6) is 0 Å². The molecule has 0 atom stereocenters. The Bertz CT molecular complexity index is 1130. The zero-order valence-electron chi connectivity index (χ0n) is 17.0. The number of amides is 1. The van der Waals surface area contributed by atoms with Crippen LogP contribution in [0.4, 0.5) is 5.69 Å². The van der Waals surface area contributed by atoms with Crippen molar-refractivity contribution in [2.24, 2.45) is 7.05 Å². The first-order valence-electron chi connectivity index (χ1n) is 10.2. The highest BCUT2D eigenvalue weighted by atomic mass is 16.1. The fourth-order valence-electron chi connectivity index (χ4n) is 3.75. The molecule has 1 saturated heterocycles. The molecule has 2 heterocycles. The van der Waals surface area contributed by atoms with Crippen LogP contribution in [0.15, 0.2) is 48.2 Å². The van der Waals surface area contributed by atoms with Gasteiger partial charge in [-0.25, -0.2) is 0 Å². The minimum Gasteiger partial charge on any atom is -0.372 e. The van der Waals surface area contributed by atoms with E-state index in [9.17, 15) is 10.1 Å². The SMILES string of the molecule is Cn1cc(CNC(=O)/C(C#N)=C/c2ccc3cc(N4CCCCC4)ccc3c2)nn1. The quantitative estimate of drug-likeness (QED) is 0.525. The fourth-order valence-corrected chi connectivity index (χ4v) is 3.75. The van der Waals surface area contributed by atoms with Gasteiger partial charge in [0.1, 0.15) is 17.3 Å². The summed E-state index contributed by atoms with van der Waals surface area (Å²) in [6, 6.07) is 14.5. The van der Waals surface area contributed by atoms with Crippen LogP contribution in [0.25, 0.3) is 16.8 Å². The maximum atomic E-state index is 12.4. The van der Waals surface area contributed by atoms with E-state index in [0.717, 1.165) is 29.4 Å². The molecule has 0 radical (unpaired) electrons. The summed E-state index contributed by atoms with van der Waals surface area (Å²) in [6.45, 7) is 2.45. The molecular formula is C23H24N6O. The number of benzene rings is 2. The van der Waals surface area contributed by atoms with Gasteiger partial charge in [-0.05, 0) is 59.9 Å². The lowest BCUT2D eigenvalue weighted by Gasteiger charge is -2.29. The third-order valence-corrected chi connectivity index (χ3v) is 5.33. The van der Waals surface area contributed by atoms with E-state index in [1.807, 2.05) is 24.3 Å². The number of nitriles is 1. The molecule has 0 aliphatic carbocycles. The summed E-state index contributed by atoms with van der Waals surface area (Å²) in [5, 5.41) is 22.1. The summed E-state index contributed by atoms with van der Waals surface area (Å²) in [4.78, 5) is 14.8. The number of aryl methyl sites for hydroxylation is 1. The van der Waals surface area contributed by atoms with Crippen LogP contribution in [0, 0.1) is 11.3 Å². The van der Waals surface area contributed by atoms with E-state index < -0.39 is 5.91 Å². The van der Waals surface area contributed by atoms with Crippen LogP contribution in [0.3, 0.4) is 0 Å². The third kappa shape index (κ3) is 4.49. The van der Waals surface area contributed by atoms with Crippen LogP contribution in [0.1, 0.15) is 30.5 Å². The van der Waals surface area contributed by atoms with Gasteiger partial charge in [0.15, 0.2) is 0 Å². The Balaban J connectivity index is 1.50. The molecule has 152 valence electrons. The van der Waals surface area contributed by atoms with Crippen LogP contribution >= 0.6 is 0 Å². The topological polar surface area (TPSA) is 86.8 Å². The second kappa shape index (κ2) is 8.78. The Morgan fingerprint density at radius 2 is 1.93 bits per heavy atom. The molecule has 0 bridgehead atoms. The van der Waals surface area contributed by atoms with Gasteiger partial charge in [0.25, 0.3) is 5.91 Å². The highest BCUT2D eigenvalue weighted by molar-refractivity contribution is 6.02. The van der Waals surface area contributed by atoms with Crippen molar-refractivity contribution >= 4 is 28.4 Å². The van der Waals surface area contributed by atoms with E-state index in [-0.39, 0.29) is 12.1 Å². The maximum absolute atomic E-state index is 12.4. The number of rotatable bonds is 5. The number of hydrogen-bond acceptors (Lipinski definition) is 5. The number of hydrogen-bond donors (Lipinski definition) is 1. The smallest absolute Gasteiger partial charge is 0.262 e. The number of anilines is 1. The van der Waals surface area contributed by atoms with Crippen molar-refractivity contribution in [1.82, 2.24) is 20.3 Å². The predicted molar refractivity (Wildman–Crippen MR) is 116 cm³/mol. The number of carbonyl (C=O) groups is 1. The van der Waals surface area contributed by atoms with Crippen molar-refractivity contribution in [2.45, 2.75) is 25.8 Å². The number of nitrogens with zero attached hydrogens (tertiary/aromatic N) is 5. The number of fused-ring (bicyclic) bond motifs is 1. The lowest BCUT2D eigenvalue weighted by molar-refractivity contribution is -0.117. The number of nitrogens with one attached hydrogen (secondary N) is 1. The van der Waals surface area contributed by atoms with Crippen molar-refractivity contribution < 1.29 is 4.79 Å². The average Bonchev–Trinajstić information content (AvgIpc) is 3.21. The Labute approximate surface area is 175 Å². The van der Waals surface area contributed by atoms with E-state index in [4.69, 9.17) is 0 Å². The van der Waals surface area contributed by atoms with Crippen molar-refractivity contribution in [3.05, 3.63) is 59.4 Å². The van der Waals surface area contributed by atoms with E-state index in [1.54, 1.807) is 24.0 Å². The van der Waals surface area contributed by atoms with Gasteiger partial charge in [-0.15, -0.1) is 5.10 Å². The van der Waals surface area contributed by atoms with Gasteiger partial charge in [-0.1, -0.05) is 23.4 Å². The highest BCUT2D eigenvalue weighted by Gasteiger charge is 2.12. The number of aromatic nitrogens is 3. The number of piperidine rings is 1. The summed E-state index contributed by atoms with van der Waals surface area (Å²) < 4.78 is 1.56. The molecule has 30 heavy (non-hydrogen) atoms. The van der Waals surface area contributed by atoms with Gasteiger partial charge < -0.3 is 10.2 Å². The molecule has 1 aromatic heterocycles. The molecule has 3 aromatic rings. The van der Waals surface area contributed by atoms with E-state index in [0.29, 0.717) is 5.69 Å². The highest BCUT2D eigenvalue weighted by Crippen LogP contribution is 2.26. The molecule has 1 amide bonds. The molecular weight excluding hydrogens is 376 g/mol. The molecule has 4 rings (SSSR count). The Kier molecular flexibility index (Phi) is 5.75. The molecule has 7 nitrogen and oxygen atoms in total. The zero-order valence-corrected chi connectivity index (χ0v) is 17.0. The minimum absolute atomic E-state index is 0.0585. The van der Waals surface area contributed by atoms with Crippen molar-refractivity contribution in [3.8, 4) is 6.07 Å². The second-order valence-corrected chi connectivity index (χ2v) is 7.57. The van der Waals surface area contributed by atoms with Crippen LogP contribution < -0.4 is 10.2 Å². The molecule has 2 aromatic carbocycles. The molecule has 1 fully saturated rings. The lowest BCUT2D eigenvalue weighted by Crippen LogP contribution is -2.29. The van der Waals surface area contributed by atoms with E-state index in [2.05, 4.69) is 38.7 Å².